The molecule has 0 fully saturated rings. The normalized spacial score (nSPS) is 10.9. The Hall–Kier alpha value is -3.40. The molecule has 0 aliphatic rings. The summed E-state index contributed by atoms with van der Waals surface area (Å²) in [5.41, 5.74) is 3.81. The number of aryl methyl sites for hydroxylation is 1. The van der Waals surface area contributed by atoms with E-state index >= 15 is 0 Å². The number of benzene rings is 3. The minimum Gasteiger partial charge on any atom is -0.805 e. The van der Waals surface area contributed by atoms with Crippen LogP contribution in [0.15, 0.2) is 78.9 Å². The molecule has 0 saturated heterocycles. The van der Waals surface area contributed by atoms with Crippen molar-refractivity contribution >= 4 is 11.0 Å². The van der Waals surface area contributed by atoms with Crippen LogP contribution in [0.4, 0.5) is 0 Å². The van der Waals surface area contributed by atoms with Crippen LogP contribution in [0.5, 0.6) is 0 Å². The molecule has 0 bridgehead atoms. The van der Waals surface area contributed by atoms with Gasteiger partial charge >= 0.3 is 0 Å². The van der Waals surface area contributed by atoms with E-state index in [9.17, 15) is 10.1 Å². The van der Waals surface area contributed by atoms with Crippen molar-refractivity contribution in [3.05, 3.63) is 94.5 Å². The van der Waals surface area contributed by atoms with Crippen molar-refractivity contribution in [2.45, 2.75) is 6.92 Å². The fraction of sp³-hybridized carbons (Fsp3) is 0.0476. The lowest BCUT2D eigenvalue weighted by Crippen LogP contribution is -2.23. The van der Waals surface area contributed by atoms with Crippen LogP contribution >= 0.6 is 0 Å². The van der Waals surface area contributed by atoms with Crippen molar-refractivity contribution in [2.24, 2.45) is 0 Å². The Balaban J connectivity index is 2.21. The second-order valence-corrected chi connectivity index (χ2v) is 6.01. The maximum absolute atomic E-state index is 13.2. The van der Waals surface area contributed by atoms with Crippen LogP contribution in [0.2, 0.25) is 0 Å². The molecule has 0 saturated carbocycles. The number of rotatable bonds is 2. The van der Waals surface area contributed by atoms with Gasteiger partial charge in [0.15, 0.2) is 0 Å². The first-order valence-electron chi connectivity index (χ1n) is 8.07. The molecule has 0 unspecified atom stereocenters. The average Bonchev–Trinajstić information content (AvgIpc) is 2.65. The fourth-order valence-corrected chi connectivity index (χ4v) is 3.10. The molecule has 4 heteroatoms. The van der Waals surface area contributed by atoms with Crippen LogP contribution in [-0.4, -0.2) is 4.73 Å². The summed E-state index contributed by atoms with van der Waals surface area (Å²) in [6, 6.07) is 23.9. The Bertz CT molecular complexity index is 1120. The Morgan fingerprint density at radius 3 is 2.08 bits per heavy atom. The molecule has 25 heavy (non-hydrogen) atoms. The molecule has 3 aromatic carbocycles. The van der Waals surface area contributed by atoms with E-state index in [1.54, 1.807) is 12.1 Å². The topological polar surface area (TPSA) is 51.0 Å². The van der Waals surface area contributed by atoms with Gasteiger partial charge in [-0.2, -0.15) is 0 Å². The summed E-state index contributed by atoms with van der Waals surface area (Å²) in [6.07, 6.45) is 0. The fourth-order valence-electron chi connectivity index (χ4n) is 3.10. The van der Waals surface area contributed by atoms with E-state index in [0.29, 0.717) is 33.5 Å². The SMILES string of the molecule is Cc1ccc2c(c1)n([O-])c(-c1ccccc1)c(-c1ccccc1)[n+]2=O. The lowest BCUT2D eigenvalue weighted by Gasteiger charge is -2.19. The van der Waals surface area contributed by atoms with Gasteiger partial charge in [-0.05, 0) is 30.7 Å². The summed E-state index contributed by atoms with van der Waals surface area (Å²) in [5, 5.41) is 13.2. The average molecular weight is 328 g/mol. The quantitative estimate of drug-likeness (QED) is 0.507. The maximum Gasteiger partial charge on any atom is 0.294 e. The number of hydrogen-bond acceptors (Lipinski definition) is 2. The van der Waals surface area contributed by atoms with Crippen molar-refractivity contribution in [1.29, 1.82) is 0 Å². The molecule has 0 amide bonds. The van der Waals surface area contributed by atoms with Crippen LogP contribution in [-0.2, 0) is 0 Å². The third kappa shape index (κ3) is 2.48. The van der Waals surface area contributed by atoms with E-state index in [-0.39, 0.29) is 0 Å². The van der Waals surface area contributed by atoms with E-state index in [4.69, 9.17) is 0 Å². The zero-order valence-corrected chi connectivity index (χ0v) is 13.7. The van der Waals surface area contributed by atoms with Gasteiger partial charge in [0.2, 0.25) is 0 Å². The van der Waals surface area contributed by atoms with Gasteiger partial charge in [-0.3, -0.25) is 0 Å². The smallest absolute Gasteiger partial charge is 0.294 e. The zero-order chi connectivity index (χ0) is 17.4. The van der Waals surface area contributed by atoms with Crippen molar-refractivity contribution in [1.82, 2.24) is 4.73 Å². The van der Waals surface area contributed by atoms with Gasteiger partial charge < -0.3 is 9.94 Å². The van der Waals surface area contributed by atoms with Crippen molar-refractivity contribution in [3.63, 3.8) is 0 Å². The summed E-state index contributed by atoms with van der Waals surface area (Å²) in [5.74, 6) is 0. The highest BCUT2D eigenvalue weighted by atomic mass is 16.5. The minimum absolute atomic E-state index is 0.359. The molecular weight excluding hydrogens is 312 g/mol. The van der Waals surface area contributed by atoms with Crippen LogP contribution in [0, 0.1) is 17.0 Å². The standard InChI is InChI=1S/C21H16N2O2/c1-15-12-13-18-19(14-15)23(25)21(17-10-6-3-7-11-17)20(22(18)24)16-8-4-2-5-9-16/h2-14H,1H3. The third-order valence-electron chi connectivity index (χ3n) is 4.29. The summed E-state index contributed by atoms with van der Waals surface area (Å²) in [7, 11) is 0. The molecule has 0 spiro atoms. The predicted molar refractivity (Wildman–Crippen MR) is 99.7 cm³/mol. The third-order valence-corrected chi connectivity index (χ3v) is 4.29. The van der Waals surface area contributed by atoms with E-state index in [1.165, 1.54) is 0 Å². The van der Waals surface area contributed by atoms with Crippen LogP contribution in [0.25, 0.3) is 33.5 Å². The summed E-state index contributed by atoms with van der Waals surface area (Å²) < 4.78 is 1.73. The molecule has 0 atom stereocenters. The summed E-state index contributed by atoms with van der Waals surface area (Å²) >= 11 is 0. The van der Waals surface area contributed by atoms with Gasteiger partial charge in [0.25, 0.3) is 11.2 Å². The van der Waals surface area contributed by atoms with Crippen LogP contribution < -0.4 is 4.43 Å². The summed E-state index contributed by atoms with van der Waals surface area (Å²) in [4.78, 5) is 13.2. The molecule has 4 nitrogen and oxygen atoms in total. The first kappa shape index (κ1) is 15.1. The molecule has 0 aliphatic heterocycles. The van der Waals surface area contributed by atoms with Crippen LogP contribution in [0.1, 0.15) is 5.56 Å². The van der Waals surface area contributed by atoms with E-state index in [0.717, 1.165) is 14.7 Å². The number of hydrogen-bond donors (Lipinski definition) is 0. The Kier molecular flexibility index (Phi) is 3.58. The minimum atomic E-state index is 0.359. The van der Waals surface area contributed by atoms with Crippen molar-refractivity contribution in [3.8, 4) is 22.5 Å². The predicted octanol–water partition coefficient (Wildman–Crippen LogP) is 4.54. The van der Waals surface area contributed by atoms with Gasteiger partial charge in [0, 0.05) is 16.5 Å². The molecule has 4 aromatic rings. The molecule has 0 radical (unpaired) electrons. The number of fused-ring (bicyclic) bond motifs is 1. The lowest BCUT2D eigenvalue weighted by atomic mass is 10.0. The second-order valence-electron chi connectivity index (χ2n) is 6.01. The largest absolute Gasteiger partial charge is 0.805 e. The van der Waals surface area contributed by atoms with Gasteiger partial charge in [-0.25, -0.2) is 0 Å². The number of aromatic nitrogens is 2. The first-order chi connectivity index (χ1) is 12.2. The van der Waals surface area contributed by atoms with E-state index < -0.39 is 0 Å². The van der Waals surface area contributed by atoms with E-state index in [2.05, 4.69) is 0 Å². The van der Waals surface area contributed by atoms with Gasteiger partial charge in [-0.1, -0.05) is 54.6 Å². The molecule has 122 valence electrons. The highest BCUT2D eigenvalue weighted by Gasteiger charge is 2.25. The Morgan fingerprint density at radius 2 is 1.44 bits per heavy atom. The summed E-state index contributed by atoms with van der Waals surface area (Å²) in [6.45, 7) is 1.90. The van der Waals surface area contributed by atoms with Crippen molar-refractivity contribution < 1.29 is 4.43 Å². The van der Waals surface area contributed by atoms with Gasteiger partial charge in [0.05, 0.1) is 9.99 Å². The Morgan fingerprint density at radius 1 is 0.840 bits per heavy atom. The van der Waals surface area contributed by atoms with Gasteiger partial charge in [0.1, 0.15) is 11.2 Å². The monoisotopic (exact) mass is 328 g/mol. The highest BCUT2D eigenvalue weighted by molar-refractivity contribution is 5.84. The highest BCUT2D eigenvalue weighted by Crippen LogP contribution is 2.31. The second kappa shape index (κ2) is 5.91. The Labute approximate surface area is 144 Å². The lowest BCUT2D eigenvalue weighted by molar-refractivity contribution is -0.451. The molecule has 0 aliphatic carbocycles. The van der Waals surface area contributed by atoms with Crippen molar-refractivity contribution in [2.75, 3.05) is 0 Å². The molecule has 4 rings (SSSR count). The molecule has 1 heterocycles. The van der Waals surface area contributed by atoms with Crippen LogP contribution in [0.3, 0.4) is 0 Å². The molecular formula is C21H16N2O2. The van der Waals surface area contributed by atoms with Gasteiger partial charge in [-0.15, -0.1) is 0 Å². The molecule has 1 aromatic heterocycles. The molecule has 0 N–H and O–H groups in total. The van der Waals surface area contributed by atoms with E-state index in [1.807, 2.05) is 73.7 Å². The number of nitrogens with zero attached hydrogens (tertiary/aromatic N) is 2. The first-order valence-corrected chi connectivity index (χ1v) is 8.07. The maximum atomic E-state index is 13.2. The zero-order valence-electron chi connectivity index (χ0n) is 13.7.